The molecule has 1 unspecified atom stereocenters. The number of hydrogen-bond acceptors (Lipinski definition) is 3. The van der Waals surface area contributed by atoms with Crippen LogP contribution in [0.5, 0.6) is 5.75 Å². The summed E-state index contributed by atoms with van der Waals surface area (Å²) in [5.74, 6) is -1.17. The van der Waals surface area contributed by atoms with E-state index in [4.69, 9.17) is 4.74 Å². The summed E-state index contributed by atoms with van der Waals surface area (Å²) in [6.45, 7) is 3.86. The van der Waals surface area contributed by atoms with Crippen LogP contribution in [0.25, 0.3) is 0 Å². The number of carbonyl (C=O) groups is 1. The van der Waals surface area contributed by atoms with Crippen LogP contribution in [0.4, 0.5) is 4.39 Å². The number of methoxy groups -OCH3 is 1. The van der Waals surface area contributed by atoms with E-state index in [9.17, 15) is 14.3 Å². The van der Waals surface area contributed by atoms with Gasteiger partial charge in [-0.1, -0.05) is 19.4 Å². The summed E-state index contributed by atoms with van der Waals surface area (Å²) in [5, 5.41) is 12.2. The number of aliphatic carboxylic acids is 1. The van der Waals surface area contributed by atoms with Crippen molar-refractivity contribution in [3.8, 4) is 5.75 Å². The number of rotatable bonds is 7. The molecule has 0 aromatic heterocycles. The van der Waals surface area contributed by atoms with Gasteiger partial charge in [-0.2, -0.15) is 0 Å². The number of benzene rings is 1. The fourth-order valence-electron chi connectivity index (χ4n) is 1.89. The van der Waals surface area contributed by atoms with E-state index in [1.807, 2.05) is 6.92 Å². The minimum absolute atomic E-state index is 0.179. The van der Waals surface area contributed by atoms with E-state index in [-0.39, 0.29) is 5.75 Å². The van der Waals surface area contributed by atoms with Gasteiger partial charge in [-0.15, -0.1) is 0 Å². The van der Waals surface area contributed by atoms with Crippen molar-refractivity contribution in [2.24, 2.45) is 0 Å². The van der Waals surface area contributed by atoms with E-state index in [2.05, 4.69) is 5.32 Å². The Kier molecular flexibility index (Phi) is 5.30. The lowest BCUT2D eigenvalue weighted by atomic mass is 9.96. The number of carboxylic acid groups (broad SMARTS) is 1. The van der Waals surface area contributed by atoms with Crippen LogP contribution in [0.15, 0.2) is 18.2 Å². The molecule has 0 spiro atoms. The molecule has 0 heterocycles. The maximum atomic E-state index is 13.5. The molecule has 0 fully saturated rings. The predicted molar refractivity (Wildman–Crippen MR) is 70.7 cm³/mol. The van der Waals surface area contributed by atoms with Crippen LogP contribution < -0.4 is 10.1 Å². The Morgan fingerprint density at radius 3 is 2.68 bits per heavy atom. The van der Waals surface area contributed by atoms with Gasteiger partial charge in [-0.05, 0) is 31.0 Å². The maximum Gasteiger partial charge on any atom is 0.323 e. The third-order valence-corrected chi connectivity index (χ3v) is 3.12. The second kappa shape index (κ2) is 6.52. The van der Waals surface area contributed by atoms with Gasteiger partial charge in [0.25, 0.3) is 0 Å². The summed E-state index contributed by atoms with van der Waals surface area (Å²) < 4.78 is 18.3. The standard InChI is InChI=1S/C14H20FNO3/c1-4-7-14(2,13(17)18)16-9-10-5-6-12(19-3)11(15)8-10/h5-6,8,16H,4,7,9H2,1-3H3,(H,17,18). The lowest BCUT2D eigenvalue weighted by Gasteiger charge is -2.26. The van der Waals surface area contributed by atoms with Crippen molar-refractivity contribution in [2.45, 2.75) is 38.8 Å². The smallest absolute Gasteiger partial charge is 0.323 e. The summed E-state index contributed by atoms with van der Waals surface area (Å²) in [7, 11) is 1.40. The normalized spacial score (nSPS) is 13.9. The molecule has 1 atom stereocenters. The van der Waals surface area contributed by atoms with E-state index >= 15 is 0 Å². The number of ether oxygens (including phenoxy) is 1. The van der Waals surface area contributed by atoms with Crippen LogP contribution in [0, 0.1) is 5.82 Å². The first-order valence-electron chi connectivity index (χ1n) is 6.23. The van der Waals surface area contributed by atoms with Gasteiger partial charge in [0.15, 0.2) is 11.6 Å². The van der Waals surface area contributed by atoms with E-state index in [1.165, 1.54) is 19.2 Å². The fraction of sp³-hybridized carbons (Fsp3) is 0.500. The van der Waals surface area contributed by atoms with Gasteiger partial charge >= 0.3 is 5.97 Å². The van der Waals surface area contributed by atoms with Crippen LogP contribution in [0.1, 0.15) is 32.3 Å². The van der Waals surface area contributed by atoms with Crippen LogP contribution in [-0.4, -0.2) is 23.7 Å². The van der Waals surface area contributed by atoms with Crippen molar-refractivity contribution >= 4 is 5.97 Å². The minimum atomic E-state index is -0.995. The second-order valence-corrected chi connectivity index (χ2v) is 4.71. The first-order valence-corrected chi connectivity index (χ1v) is 6.23. The van der Waals surface area contributed by atoms with Crippen molar-refractivity contribution in [2.75, 3.05) is 7.11 Å². The minimum Gasteiger partial charge on any atom is -0.494 e. The molecule has 19 heavy (non-hydrogen) atoms. The van der Waals surface area contributed by atoms with Gasteiger partial charge < -0.3 is 9.84 Å². The monoisotopic (exact) mass is 269 g/mol. The van der Waals surface area contributed by atoms with Gasteiger partial charge in [-0.25, -0.2) is 4.39 Å². The highest BCUT2D eigenvalue weighted by Crippen LogP contribution is 2.19. The molecule has 0 amide bonds. The van der Waals surface area contributed by atoms with Crippen LogP contribution in [-0.2, 0) is 11.3 Å². The average Bonchev–Trinajstić information content (AvgIpc) is 2.36. The van der Waals surface area contributed by atoms with Crippen molar-refractivity contribution in [1.29, 1.82) is 0 Å². The maximum absolute atomic E-state index is 13.5. The molecule has 1 aromatic rings. The average molecular weight is 269 g/mol. The summed E-state index contributed by atoms with van der Waals surface area (Å²) in [5.41, 5.74) is -0.313. The summed E-state index contributed by atoms with van der Waals surface area (Å²) in [6, 6.07) is 4.59. The molecular weight excluding hydrogens is 249 g/mol. The molecule has 0 radical (unpaired) electrons. The highest BCUT2D eigenvalue weighted by atomic mass is 19.1. The Labute approximate surface area is 112 Å². The highest BCUT2D eigenvalue weighted by molar-refractivity contribution is 5.78. The van der Waals surface area contributed by atoms with Crippen LogP contribution in [0.2, 0.25) is 0 Å². The number of hydrogen-bond donors (Lipinski definition) is 2. The molecule has 106 valence electrons. The summed E-state index contributed by atoms with van der Waals surface area (Å²) >= 11 is 0. The lowest BCUT2D eigenvalue weighted by molar-refractivity contribution is -0.144. The van der Waals surface area contributed by atoms with Gasteiger partial charge in [0.2, 0.25) is 0 Å². The Bertz CT molecular complexity index is 450. The van der Waals surface area contributed by atoms with Gasteiger partial charge in [0.1, 0.15) is 5.54 Å². The van der Waals surface area contributed by atoms with Gasteiger partial charge in [0.05, 0.1) is 7.11 Å². The largest absolute Gasteiger partial charge is 0.494 e. The van der Waals surface area contributed by atoms with Crippen molar-refractivity contribution < 1.29 is 19.0 Å². The number of nitrogens with one attached hydrogen (secondary N) is 1. The zero-order chi connectivity index (χ0) is 14.5. The Balaban J connectivity index is 2.75. The number of halogens is 1. The molecule has 0 aliphatic carbocycles. The molecule has 0 aliphatic heterocycles. The molecule has 1 aromatic carbocycles. The third-order valence-electron chi connectivity index (χ3n) is 3.12. The first kappa shape index (κ1) is 15.4. The Hall–Kier alpha value is -1.62. The molecular formula is C14H20FNO3. The van der Waals surface area contributed by atoms with Crippen LogP contribution >= 0.6 is 0 Å². The first-order chi connectivity index (χ1) is 8.92. The Morgan fingerprint density at radius 1 is 1.53 bits per heavy atom. The van der Waals surface area contributed by atoms with E-state index in [1.54, 1.807) is 13.0 Å². The molecule has 2 N–H and O–H groups in total. The van der Waals surface area contributed by atoms with Gasteiger partial charge in [0, 0.05) is 6.54 Å². The van der Waals surface area contributed by atoms with Crippen LogP contribution in [0.3, 0.4) is 0 Å². The number of carboxylic acids is 1. The molecule has 0 saturated carbocycles. The second-order valence-electron chi connectivity index (χ2n) is 4.71. The van der Waals surface area contributed by atoms with Gasteiger partial charge in [-0.3, -0.25) is 10.1 Å². The lowest BCUT2D eigenvalue weighted by Crippen LogP contribution is -2.48. The Morgan fingerprint density at radius 2 is 2.21 bits per heavy atom. The zero-order valence-electron chi connectivity index (χ0n) is 11.5. The molecule has 0 bridgehead atoms. The molecule has 1 rings (SSSR count). The SMILES string of the molecule is CCCC(C)(NCc1ccc(OC)c(F)c1)C(=O)O. The van der Waals surface area contributed by atoms with Crippen molar-refractivity contribution in [1.82, 2.24) is 5.32 Å². The zero-order valence-corrected chi connectivity index (χ0v) is 11.5. The molecule has 0 saturated heterocycles. The van der Waals surface area contributed by atoms with Crippen molar-refractivity contribution in [3.05, 3.63) is 29.6 Å². The van der Waals surface area contributed by atoms with E-state index < -0.39 is 17.3 Å². The highest BCUT2D eigenvalue weighted by Gasteiger charge is 2.31. The molecule has 4 nitrogen and oxygen atoms in total. The van der Waals surface area contributed by atoms with E-state index in [0.29, 0.717) is 18.5 Å². The van der Waals surface area contributed by atoms with E-state index in [0.717, 1.165) is 6.42 Å². The predicted octanol–water partition coefficient (Wildman–Crippen LogP) is 2.57. The molecule has 5 heteroatoms. The summed E-state index contributed by atoms with van der Waals surface area (Å²) in [4.78, 5) is 11.2. The fourth-order valence-corrected chi connectivity index (χ4v) is 1.89. The molecule has 0 aliphatic rings. The topological polar surface area (TPSA) is 58.6 Å². The summed E-state index contributed by atoms with van der Waals surface area (Å²) in [6.07, 6.45) is 1.27. The van der Waals surface area contributed by atoms with Crippen molar-refractivity contribution in [3.63, 3.8) is 0 Å². The third kappa shape index (κ3) is 3.92. The quantitative estimate of drug-likeness (QED) is 0.798.